The Balaban J connectivity index is 1.79. The molecule has 0 aliphatic carbocycles. The second-order valence-corrected chi connectivity index (χ2v) is 7.05. The number of nitrogens with zero attached hydrogens (tertiary/aromatic N) is 5. The maximum absolute atomic E-state index is 5.25. The van der Waals surface area contributed by atoms with E-state index >= 15 is 0 Å². The molecule has 0 radical (unpaired) electrons. The predicted octanol–water partition coefficient (Wildman–Crippen LogP) is 3.28. The zero-order chi connectivity index (χ0) is 17.4. The second kappa shape index (κ2) is 6.35. The highest BCUT2D eigenvalue weighted by atomic mass is 16.5. The summed E-state index contributed by atoms with van der Waals surface area (Å²) < 4.78 is 7.10. The highest BCUT2D eigenvalue weighted by Crippen LogP contribution is 2.29. The second-order valence-electron chi connectivity index (χ2n) is 7.05. The molecule has 3 heterocycles. The van der Waals surface area contributed by atoms with Gasteiger partial charge in [-0.05, 0) is 42.5 Å². The first kappa shape index (κ1) is 15.9. The van der Waals surface area contributed by atoms with Gasteiger partial charge in [-0.15, -0.1) is 0 Å². The summed E-state index contributed by atoms with van der Waals surface area (Å²) in [6, 6.07) is 10.1. The highest BCUT2D eigenvalue weighted by molar-refractivity contribution is 5.66. The van der Waals surface area contributed by atoms with E-state index < -0.39 is 0 Å². The minimum atomic E-state index is 0.634. The predicted molar refractivity (Wildman–Crippen MR) is 97.9 cm³/mol. The van der Waals surface area contributed by atoms with Gasteiger partial charge < -0.3 is 9.64 Å². The van der Waals surface area contributed by atoms with Crippen LogP contribution in [-0.4, -0.2) is 39.8 Å². The summed E-state index contributed by atoms with van der Waals surface area (Å²) in [5.74, 6) is 3.87. The van der Waals surface area contributed by atoms with Gasteiger partial charge in [0.05, 0.1) is 12.8 Å². The van der Waals surface area contributed by atoms with Gasteiger partial charge in [-0.1, -0.05) is 13.8 Å². The average molecular weight is 337 g/mol. The smallest absolute Gasteiger partial charge is 0.254 e. The molecular weight excluding hydrogens is 314 g/mol. The number of anilines is 1. The van der Waals surface area contributed by atoms with Crippen LogP contribution in [-0.2, 0) is 0 Å². The molecule has 2 atom stereocenters. The third-order valence-corrected chi connectivity index (χ3v) is 4.81. The lowest BCUT2D eigenvalue weighted by Gasteiger charge is -2.36. The molecule has 1 fully saturated rings. The van der Waals surface area contributed by atoms with Gasteiger partial charge in [0.2, 0.25) is 0 Å². The number of aromatic nitrogens is 4. The fourth-order valence-electron chi connectivity index (χ4n) is 3.78. The van der Waals surface area contributed by atoms with Crippen LogP contribution in [0.3, 0.4) is 0 Å². The number of hydrogen-bond donors (Lipinski definition) is 0. The summed E-state index contributed by atoms with van der Waals surface area (Å²) in [6.45, 7) is 6.69. The van der Waals surface area contributed by atoms with Crippen LogP contribution in [0, 0.1) is 11.8 Å². The number of hydrogen-bond acceptors (Lipinski definition) is 5. The van der Waals surface area contributed by atoms with E-state index in [9.17, 15) is 0 Å². The molecular formula is C19H23N5O. The maximum Gasteiger partial charge on any atom is 0.254 e. The molecule has 2 aromatic heterocycles. The largest absolute Gasteiger partial charge is 0.497 e. The number of piperidine rings is 1. The van der Waals surface area contributed by atoms with Crippen LogP contribution in [0.5, 0.6) is 5.75 Å². The number of methoxy groups -OCH3 is 1. The van der Waals surface area contributed by atoms with Crippen molar-refractivity contribution >= 4 is 11.6 Å². The lowest BCUT2D eigenvalue weighted by atomic mass is 9.92. The highest BCUT2D eigenvalue weighted by Gasteiger charge is 2.24. The Morgan fingerprint density at radius 2 is 1.80 bits per heavy atom. The minimum Gasteiger partial charge on any atom is -0.497 e. The molecule has 1 aliphatic heterocycles. The Hall–Kier alpha value is -2.63. The van der Waals surface area contributed by atoms with Crippen LogP contribution in [0.15, 0.2) is 36.7 Å². The number of fused-ring (bicyclic) bond motifs is 1. The molecule has 1 aromatic carbocycles. The number of ether oxygens (including phenoxy) is 1. The Bertz CT molecular complexity index is 863. The maximum atomic E-state index is 5.25. The molecule has 0 amide bonds. The van der Waals surface area contributed by atoms with Crippen LogP contribution < -0.4 is 9.64 Å². The summed E-state index contributed by atoms with van der Waals surface area (Å²) in [5.41, 5.74) is 1.95. The molecule has 1 saturated heterocycles. The molecule has 4 rings (SSSR count). The van der Waals surface area contributed by atoms with E-state index in [1.54, 1.807) is 13.4 Å². The number of rotatable bonds is 3. The van der Waals surface area contributed by atoms with E-state index in [1.165, 1.54) is 6.42 Å². The Morgan fingerprint density at radius 3 is 2.48 bits per heavy atom. The van der Waals surface area contributed by atoms with Crippen molar-refractivity contribution in [3.05, 3.63) is 36.7 Å². The summed E-state index contributed by atoms with van der Waals surface area (Å²) in [6.07, 6.45) is 2.84. The molecule has 130 valence electrons. The summed E-state index contributed by atoms with van der Waals surface area (Å²) in [4.78, 5) is 11.4. The van der Waals surface area contributed by atoms with Crippen LogP contribution in [0.1, 0.15) is 20.3 Å². The molecule has 6 nitrogen and oxygen atoms in total. The topological polar surface area (TPSA) is 55.6 Å². The average Bonchev–Trinajstić information content (AvgIpc) is 3.08. The summed E-state index contributed by atoms with van der Waals surface area (Å²) in [7, 11) is 1.67. The third kappa shape index (κ3) is 3.04. The Kier molecular flexibility index (Phi) is 4.03. The van der Waals surface area contributed by atoms with Gasteiger partial charge in [-0.2, -0.15) is 14.6 Å². The third-order valence-electron chi connectivity index (χ3n) is 4.81. The fourth-order valence-corrected chi connectivity index (χ4v) is 3.78. The van der Waals surface area contributed by atoms with Crippen molar-refractivity contribution in [1.82, 2.24) is 19.6 Å². The van der Waals surface area contributed by atoms with E-state index in [0.717, 1.165) is 35.9 Å². The lowest BCUT2D eigenvalue weighted by molar-refractivity contribution is 0.354. The van der Waals surface area contributed by atoms with E-state index in [2.05, 4.69) is 39.9 Å². The zero-order valence-corrected chi connectivity index (χ0v) is 14.9. The Labute approximate surface area is 147 Å². The van der Waals surface area contributed by atoms with E-state index in [0.29, 0.717) is 17.6 Å². The summed E-state index contributed by atoms with van der Waals surface area (Å²) >= 11 is 0. The molecule has 0 N–H and O–H groups in total. The summed E-state index contributed by atoms with van der Waals surface area (Å²) in [5, 5.41) is 4.39. The van der Waals surface area contributed by atoms with Crippen molar-refractivity contribution in [2.45, 2.75) is 20.3 Å². The molecule has 25 heavy (non-hydrogen) atoms. The van der Waals surface area contributed by atoms with Gasteiger partial charge >= 0.3 is 0 Å². The first-order valence-corrected chi connectivity index (χ1v) is 8.74. The van der Waals surface area contributed by atoms with Crippen molar-refractivity contribution < 1.29 is 4.74 Å². The normalized spacial score (nSPS) is 20.8. The van der Waals surface area contributed by atoms with Crippen molar-refractivity contribution in [2.75, 3.05) is 25.1 Å². The zero-order valence-electron chi connectivity index (χ0n) is 14.9. The monoisotopic (exact) mass is 337 g/mol. The van der Waals surface area contributed by atoms with Gasteiger partial charge in [0.25, 0.3) is 5.78 Å². The van der Waals surface area contributed by atoms with Crippen molar-refractivity contribution in [2.24, 2.45) is 11.8 Å². The quantitative estimate of drug-likeness (QED) is 0.734. The first-order valence-electron chi connectivity index (χ1n) is 8.74. The molecule has 0 unspecified atom stereocenters. The molecule has 0 bridgehead atoms. The van der Waals surface area contributed by atoms with Crippen molar-refractivity contribution in [3.63, 3.8) is 0 Å². The van der Waals surface area contributed by atoms with Gasteiger partial charge in [0.1, 0.15) is 17.9 Å². The van der Waals surface area contributed by atoms with E-state index in [4.69, 9.17) is 4.74 Å². The van der Waals surface area contributed by atoms with Gasteiger partial charge in [0.15, 0.2) is 0 Å². The lowest BCUT2D eigenvalue weighted by Crippen LogP contribution is -2.39. The van der Waals surface area contributed by atoms with Crippen LogP contribution in [0.25, 0.3) is 17.0 Å². The van der Waals surface area contributed by atoms with Crippen molar-refractivity contribution in [1.29, 1.82) is 0 Å². The number of benzene rings is 1. The SMILES string of the molecule is COc1ccc(-c2cc(N3C[C@H](C)C[C@@H](C)C3)n3ncnc3n2)cc1. The molecule has 6 heteroatoms. The van der Waals surface area contributed by atoms with Crippen LogP contribution in [0.2, 0.25) is 0 Å². The van der Waals surface area contributed by atoms with Crippen molar-refractivity contribution in [3.8, 4) is 17.0 Å². The molecule has 3 aromatic rings. The van der Waals surface area contributed by atoms with Crippen LogP contribution in [0.4, 0.5) is 5.82 Å². The fraction of sp³-hybridized carbons (Fsp3) is 0.421. The van der Waals surface area contributed by atoms with E-state index in [1.807, 2.05) is 28.8 Å². The minimum absolute atomic E-state index is 0.634. The van der Waals surface area contributed by atoms with E-state index in [-0.39, 0.29) is 0 Å². The Morgan fingerprint density at radius 1 is 1.08 bits per heavy atom. The molecule has 0 saturated carbocycles. The molecule has 0 spiro atoms. The van der Waals surface area contributed by atoms with Gasteiger partial charge in [-0.3, -0.25) is 0 Å². The molecule has 1 aliphatic rings. The van der Waals surface area contributed by atoms with Crippen LogP contribution >= 0.6 is 0 Å². The van der Waals surface area contributed by atoms with Gasteiger partial charge in [0, 0.05) is 24.7 Å². The first-order chi connectivity index (χ1) is 12.1. The standard InChI is InChI=1S/C19H23N5O/c1-13-8-14(2)11-23(10-13)18-9-17(22-19-20-12-21-24(18)19)15-4-6-16(25-3)7-5-15/h4-7,9,12-14H,8,10-11H2,1-3H3/t13-,14-/m1/s1. The van der Waals surface area contributed by atoms with Gasteiger partial charge in [-0.25, -0.2) is 4.98 Å².